The number of benzene rings is 2. The average Bonchev–Trinajstić information content (AvgIpc) is 2.74. The van der Waals surface area contributed by atoms with Crippen molar-refractivity contribution < 1.29 is 18.4 Å². The van der Waals surface area contributed by atoms with Crippen LogP contribution >= 0.6 is 0 Å². The summed E-state index contributed by atoms with van der Waals surface area (Å²) in [4.78, 5) is 26.7. The molecule has 30 heavy (non-hydrogen) atoms. The molecular weight excluding hydrogens is 386 g/mol. The Hall–Kier alpha value is -2.76. The van der Waals surface area contributed by atoms with Crippen molar-refractivity contribution in [1.82, 2.24) is 4.90 Å². The molecule has 0 bridgehead atoms. The summed E-state index contributed by atoms with van der Waals surface area (Å²) in [5, 5.41) is 2.83. The van der Waals surface area contributed by atoms with E-state index in [2.05, 4.69) is 5.32 Å². The Labute approximate surface area is 176 Å². The Morgan fingerprint density at radius 1 is 1.13 bits per heavy atom. The number of nitrogens with one attached hydrogen (secondary N) is 1. The summed E-state index contributed by atoms with van der Waals surface area (Å²) >= 11 is 0. The van der Waals surface area contributed by atoms with Crippen molar-refractivity contribution in [2.45, 2.75) is 45.4 Å². The van der Waals surface area contributed by atoms with E-state index in [1.54, 1.807) is 31.2 Å². The van der Waals surface area contributed by atoms with Gasteiger partial charge in [0, 0.05) is 31.6 Å². The van der Waals surface area contributed by atoms with Crippen LogP contribution in [-0.2, 0) is 16.0 Å². The quantitative estimate of drug-likeness (QED) is 0.703. The van der Waals surface area contributed by atoms with Crippen LogP contribution in [0.25, 0.3) is 0 Å². The van der Waals surface area contributed by atoms with Gasteiger partial charge in [0.05, 0.1) is 0 Å². The van der Waals surface area contributed by atoms with Crippen LogP contribution in [0.1, 0.15) is 43.2 Å². The van der Waals surface area contributed by atoms with Crippen molar-refractivity contribution in [3.63, 3.8) is 0 Å². The monoisotopic (exact) mass is 414 g/mol. The normalized spacial score (nSPS) is 16.4. The van der Waals surface area contributed by atoms with E-state index in [-0.39, 0.29) is 35.8 Å². The van der Waals surface area contributed by atoms with E-state index in [1.807, 2.05) is 4.90 Å². The Balaban J connectivity index is 1.44. The first kappa shape index (κ1) is 21.9. The van der Waals surface area contributed by atoms with E-state index in [9.17, 15) is 18.4 Å². The number of aryl methyl sites for hydroxylation is 2. The maximum absolute atomic E-state index is 13.7. The molecule has 160 valence electrons. The van der Waals surface area contributed by atoms with Gasteiger partial charge in [-0.25, -0.2) is 8.78 Å². The number of carbonyl (C=O) groups excluding carboxylic acids is 2. The summed E-state index contributed by atoms with van der Waals surface area (Å²) < 4.78 is 26.9. The van der Waals surface area contributed by atoms with Crippen molar-refractivity contribution in [3.8, 4) is 0 Å². The Kier molecular flexibility index (Phi) is 7.55. The van der Waals surface area contributed by atoms with Crippen molar-refractivity contribution in [2.75, 3.05) is 18.4 Å². The van der Waals surface area contributed by atoms with Crippen LogP contribution in [0.15, 0.2) is 42.5 Å². The van der Waals surface area contributed by atoms with Crippen LogP contribution in [0.4, 0.5) is 14.5 Å². The van der Waals surface area contributed by atoms with Gasteiger partial charge in [-0.05, 0) is 73.9 Å². The zero-order valence-corrected chi connectivity index (χ0v) is 17.3. The SMILES string of the molecule is Cc1cc(F)ccc1NC(=O)CCC1CCCN(C(=O)CCc2ccccc2F)C1. The summed E-state index contributed by atoms with van der Waals surface area (Å²) in [5.74, 6) is -0.394. The zero-order valence-electron chi connectivity index (χ0n) is 17.3. The van der Waals surface area contributed by atoms with Crippen molar-refractivity contribution in [2.24, 2.45) is 5.92 Å². The number of rotatable bonds is 7. The van der Waals surface area contributed by atoms with Crippen molar-refractivity contribution in [1.29, 1.82) is 0 Å². The molecule has 0 aromatic heterocycles. The van der Waals surface area contributed by atoms with E-state index < -0.39 is 0 Å². The molecular formula is C24H28F2N2O2. The molecule has 3 rings (SSSR count). The minimum atomic E-state index is -0.326. The molecule has 2 aromatic carbocycles. The summed E-state index contributed by atoms with van der Waals surface area (Å²) in [6.45, 7) is 3.11. The first-order chi connectivity index (χ1) is 14.4. The average molecular weight is 414 g/mol. The molecule has 0 saturated carbocycles. The van der Waals surface area contributed by atoms with E-state index in [4.69, 9.17) is 0 Å². The maximum atomic E-state index is 13.7. The van der Waals surface area contributed by atoms with Crippen molar-refractivity contribution >= 4 is 17.5 Å². The molecule has 2 aromatic rings. The first-order valence-electron chi connectivity index (χ1n) is 10.5. The standard InChI is InChI=1S/C24H28F2N2O2/c1-17-15-20(25)10-11-22(17)27-23(29)12-8-18-5-4-14-28(16-18)24(30)13-9-19-6-2-3-7-21(19)26/h2-3,6-7,10-11,15,18H,4-5,8-9,12-14,16H2,1H3,(H,27,29). The highest BCUT2D eigenvalue weighted by Crippen LogP contribution is 2.23. The third-order valence-electron chi connectivity index (χ3n) is 5.68. The highest BCUT2D eigenvalue weighted by atomic mass is 19.1. The second-order valence-corrected chi connectivity index (χ2v) is 7.99. The Morgan fingerprint density at radius 3 is 2.70 bits per heavy atom. The lowest BCUT2D eigenvalue weighted by Gasteiger charge is -2.33. The smallest absolute Gasteiger partial charge is 0.224 e. The maximum Gasteiger partial charge on any atom is 0.224 e. The second kappa shape index (κ2) is 10.3. The molecule has 1 aliphatic heterocycles. The molecule has 6 heteroatoms. The zero-order chi connectivity index (χ0) is 21.5. The fraction of sp³-hybridized carbons (Fsp3) is 0.417. The molecule has 0 radical (unpaired) electrons. The lowest BCUT2D eigenvalue weighted by atomic mass is 9.93. The molecule has 1 fully saturated rings. The first-order valence-corrected chi connectivity index (χ1v) is 10.5. The van der Waals surface area contributed by atoms with Gasteiger partial charge in [0.1, 0.15) is 11.6 Å². The van der Waals surface area contributed by atoms with Gasteiger partial charge in [0.15, 0.2) is 0 Å². The number of halogens is 2. The number of carbonyl (C=O) groups is 2. The summed E-state index contributed by atoms with van der Waals surface area (Å²) in [6.07, 6.45) is 3.64. The number of anilines is 1. The van der Waals surface area contributed by atoms with Crippen molar-refractivity contribution in [3.05, 3.63) is 65.2 Å². The topological polar surface area (TPSA) is 49.4 Å². The Bertz CT molecular complexity index is 901. The number of likely N-dealkylation sites (tertiary alicyclic amines) is 1. The molecule has 1 heterocycles. The fourth-order valence-electron chi connectivity index (χ4n) is 3.94. The summed E-state index contributed by atoms with van der Waals surface area (Å²) in [5.41, 5.74) is 1.87. The highest BCUT2D eigenvalue weighted by Gasteiger charge is 2.24. The van der Waals surface area contributed by atoms with Gasteiger partial charge in [-0.1, -0.05) is 18.2 Å². The van der Waals surface area contributed by atoms with Gasteiger partial charge in [-0.15, -0.1) is 0 Å². The van der Waals surface area contributed by atoms with Crippen LogP contribution in [0.5, 0.6) is 0 Å². The van der Waals surface area contributed by atoms with Crippen LogP contribution in [0.3, 0.4) is 0 Å². The van der Waals surface area contributed by atoms with E-state index >= 15 is 0 Å². The molecule has 1 saturated heterocycles. The molecule has 0 aliphatic carbocycles. The lowest BCUT2D eigenvalue weighted by Crippen LogP contribution is -2.40. The van der Waals surface area contributed by atoms with E-state index in [1.165, 1.54) is 18.2 Å². The molecule has 1 aliphatic rings. The summed E-state index contributed by atoms with van der Waals surface area (Å²) in [6, 6.07) is 10.8. The van der Waals surface area contributed by atoms with Crippen LogP contribution in [-0.4, -0.2) is 29.8 Å². The third kappa shape index (κ3) is 6.12. The van der Waals surface area contributed by atoms with Gasteiger partial charge < -0.3 is 10.2 Å². The minimum absolute atomic E-state index is 0.0364. The second-order valence-electron chi connectivity index (χ2n) is 7.99. The molecule has 1 atom stereocenters. The fourth-order valence-corrected chi connectivity index (χ4v) is 3.94. The number of hydrogen-bond acceptors (Lipinski definition) is 2. The predicted molar refractivity (Wildman–Crippen MR) is 113 cm³/mol. The van der Waals surface area contributed by atoms with Gasteiger partial charge >= 0.3 is 0 Å². The third-order valence-corrected chi connectivity index (χ3v) is 5.68. The minimum Gasteiger partial charge on any atom is -0.342 e. The molecule has 0 spiro atoms. The Morgan fingerprint density at radius 2 is 1.93 bits per heavy atom. The van der Waals surface area contributed by atoms with Crippen LogP contribution < -0.4 is 5.32 Å². The van der Waals surface area contributed by atoms with Gasteiger partial charge in [0.25, 0.3) is 0 Å². The lowest BCUT2D eigenvalue weighted by molar-refractivity contribution is -0.133. The predicted octanol–water partition coefficient (Wildman–Crippen LogP) is 4.86. The summed E-state index contributed by atoms with van der Waals surface area (Å²) in [7, 11) is 0. The highest BCUT2D eigenvalue weighted by molar-refractivity contribution is 5.91. The van der Waals surface area contributed by atoms with Gasteiger partial charge in [-0.2, -0.15) is 0 Å². The van der Waals surface area contributed by atoms with Gasteiger partial charge in [-0.3, -0.25) is 9.59 Å². The van der Waals surface area contributed by atoms with E-state index in [0.717, 1.165) is 12.8 Å². The number of piperidine rings is 1. The molecule has 1 unspecified atom stereocenters. The number of amides is 2. The number of hydrogen-bond donors (Lipinski definition) is 1. The molecule has 4 nitrogen and oxygen atoms in total. The molecule has 1 N–H and O–H groups in total. The number of nitrogens with zero attached hydrogens (tertiary/aromatic N) is 1. The van der Waals surface area contributed by atoms with E-state index in [0.29, 0.717) is 49.2 Å². The van der Waals surface area contributed by atoms with Crippen LogP contribution in [0, 0.1) is 24.5 Å². The largest absolute Gasteiger partial charge is 0.342 e. The molecule has 2 amide bonds. The van der Waals surface area contributed by atoms with Crippen LogP contribution in [0.2, 0.25) is 0 Å². The van der Waals surface area contributed by atoms with Gasteiger partial charge in [0.2, 0.25) is 11.8 Å².